The van der Waals surface area contributed by atoms with Crippen molar-refractivity contribution in [3.05, 3.63) is 188 Å². The molecule has 0 atom stereocenters. The van der Waals surface area contributed by atoms with E-state index in [1.807, 2.05) is 72.8 Å². The molecule has 258 valence electrons. The summed E-state index contributed by atoms with van der Waals surface area (Å²) in [6.07, 6.45) is 0. The number of fused-ring (bicyclic) bond motifs is 3. The maximum Gasteiger partial charge on any atom is 0.164 e. The van der Waals surface area contributed by atoms with Crippen molar-refractivity contribution in [3.8, 4) is 79.2 Å². The van der Waals surface area contributed by atoms with Gasteiger partial charge in [-0.05, 0) is 41.5 Å². The highest BCUT2D eigenvalue weighted by atomic mass is 32.1. The molecule has 0 aliphatic carbocycles. The second-order valence-corrected chi connectivity index (χ2v) is 14.4. The van der Waals surface area contributed by atoms with Gasteiger partial charge in [0, 0.05) is 53.6 Å². The summed E-state index contributed by atoms with van der Waals surface area (Å²) >= 11 is 1.76. The lowest BCUT2D eigenvalue weighted by Crippen LogP contribution is -2.00. The van der Waals surface area contributed by atoms with Gasteiger partial charge in [0.15, 0.2) is 23.3 Å². The van der Waals surface area contributed by atoms with Crippen LogP contribution in [0.5, 0.6) is 0 Å². The van der Waals surface area contributed by atoms with Crippen molar-refractivity contribution in [2.75, 3.05) is 0 Å². The maximum absolute atomic E-state index is 5.08. The Morgan fingerprint density at radius 3 is 1.24 bits per heavy atom. The molecule has 0 radical (unpaired) electrons. The smallest absolute Gasteiger partial charge is 0.164 e. The molecule has 55 heavy (non-hydrogen) atoms. The summed E-state index contributed by atoms with van der Waals surface area (Å²) in [4.78, 5) is 25.2. The molecule has 0 amide bonds. The molecule has 0 unspecified atom stereocenters. The number of aromatic nitrogens is 5. The van der Waals surface area contributed by atoms with E-state index in [0.29, 0.717) is 23.3 Å². The lowest BCUT2D eigenvalue weighted by Gasteiger charge is -2.10. The van der Waals surface area contributed by atoms with Crippen molar-refractivity contribution >= 4 is 31.5 Å². The van der Waals surface area contributed by atoms with E-state index < -0.39 is 0 Å². The number of rotatable bonds is 7. The van der Waals surface area contributed by atoms with Gasteiger partial charge in [0.25, 0.3) is 0 Å². The Morgan fingerprint density at radius 1 is 0.255 bits per heavy atom. The molecule has 0 saturated carbocycles. The molecule has 3 heterocycles. The fourth-order valence-electron chi connectivity index (χ4n) is 6.94. The normalized spacial score (nSPS) is 11.3. The van der Waals surface area contributed by atoms with Crippen molar-refractivity contribution in [1.82, 2.24) is 24.9 Å². The number of hydrogen-bond donors (Lipinski definition) is 0. The quantitative estimate of drug-likeness (QED) is 0.164. The van der Waals surface area contributed by atoms with E-state index in [4.69, 9.17) is 24.9 Å². The third kappa shape index (κ3) is 6.45. The van der Waals surface area contributed by atoms with E-state index in [1.165, 1.54) is 21.0 Å². The van der Waals surface area contributed by atoms with Crippen LogP contribution in [-0.2, 0) is 0 Å². The van der Waals surface area contributed by atoms with Crippen LogP contribution >= 0.6 is 11.3 Å². The van der Waals surface area contributed by atoms with Gasteiger partial charge in [-0.2, -0.15) is 0 Å². The summed E-state index contributed by atoms with van der Waals surface area (Å²) in [6, 6.07) is 64.6. The molecule has 0 aliphatic rings. The highest BCUT2D eigenvalue weighted by Gasteiger charge is 2.16. The van der Waals surface area contributed by atoms with Crippen LogP contribution in [0.1, 0.15) is 0 Å². The Morgan fingerprint density at radius 2 is 0.655 bits per heavy atom. The predicted molar refractivity (Wildman–Crippen MR) is 226 cm³/mol. The molecule has 10 aromatic rings. The third-order valence-corrected chi connectivity index (χ3v) is 10.9. The second-order valence-electron chi connectivity index (χ2n) is 13.3. The van der Waals surface area contributed by atoms with Crippen LogP contribution < -0.4 is 0 Å². The number of benzene rings is 7. The SMILES string of the molecule is c1ccc(-c2ccc(-c3nc(-c4ccccc4)nc(-c4ccc5c(c4)sc4ccc(-c6nc(-c7ccccc7)cc(-c7ccccc7)n6)cc45)n3)cc2)cc1. The maximum atomic E-state index is 5.08. The number of thiophene rings is 1. The monoisotopic (exact) mass is 721 g/mol. The first kappa shape index (κ1) is 32.5. The molecule has 7 aromatic carbocycles. The van der Waals surface area contributed by atoms with Gasteiger partial charge in [-0.15, -0.1) is 11.3 Å². The first-order valence-electron chi connectivity index (χ1n) is 18.2. The summed E-state index contributed by atoms with van der Waals surface area (Å²) in [6.45, 7) is 0. The Balaban J connectivity index is 1.05. The topological polar surface area (TPSA) is 64.5 Å². The summed E-state index contributed by atoms with van der Waals surface area (Å²) in [5.41, 5.74) is 10.00. The van der Waals surface area contributed by atoms with Gasteiger partial charge in [-0.25, -0.2) is 24.9 Å². The number of hydrogen-bond acceptors (Lipinski definition) is 6. The minimum absolute atomic E-state index is 0.635. The first-order valence-corrected chi connectivity index (χ1v) is 19.0. The van der Waals surface area contributed by atoms with E-state index in [2.05, 4.69) is 115 Å². The minimum atomic E-state index is 0.635. The Kier molecular flexibility index (Phi) is 8.28. The molecule has 5 nitrogen and oxygen atoms in total. The largest absolute Gasteiger partial charge is 0.228 e. The van der Waals surface area contributed by atoms with Gasteiger partial charge in [0.05, 0.1) is 11.4 Å². The third-order valence-electron chi connectivity index (χ3n) is 9.77. The molecule has 0 N–H and O–H groups in total. The molecule has 3 aromatic heterocycles. The predicted octanol–water partition coefficient (Wildman–Crippen LogP) is 12.7. The van der Waals surface area contributed by atoms with Gasteiger partial charge < -0.3 is 0 Å². The van der Waals surface area contributed by atoms with Crippen LogP contribution in [0.25, 0.3) is 99.4 Å². The molecule has 6 heteroatoms. The zero-order valence-electron chi connectivity index (χ0n) is 29.5. The second kappa shape index (κ2) is 14.0. The van der Waals surface area contributed by atoms with Crippen LogP contribution in [0, 0.1) is 0 Å². The Bertz CT molecular complexity index is 2890. The molecular weight excluding hydrogens is 691 g/mol. The van der Waals surface area contributed by atoms with E-state index in [9.17, 15) is 0 Å². The minimum Gasteiger partial charge on any atom is -0.228 e. The van der Waals surface area contributed by atoms with Gasteiger partial charge in [-0.3, -0.25) is 0 Å². The standard InChI is InChI=1S/C49H31N5S/c1-5-13-32(14-6-1)33-21-23-37(24-22-33)47-52-46(36-19-11-4-12-20-36)53-49(54-47)39-25-27-40-41-29-38(26-28-44(41)55-45(40)30-39)48-50-42(34-15-7-2-8-16-34)31-43(51-48)35-17-9-3-10-18-35/h1-31H. The van der Waals surface area contributed by atoms with Crippen LogP contribution in [0.3, 0.4) is 0 Å². The molecule has 0 fully saturated rings. The van der Waals surface area contributed by atoms with Gasteiger partial charge >= 0.3 is 0 Å². The Labute approximate surface area is 322 Å². The van der Waals surface area contributed by atoms with Crippen molar-refractivity contribution in [1.29, 1.82) is 0 Å². The average molecular weight is 722 g/mol. The van der Waals surface area contributed by atoms with Gasteiger partial charge in [0.1, 0.15) is 0 Å². The fraction of sp³-hybridized carbons (Fsp3) is 0. The average Bonchev–Trinajstić information content (AvgIpc) is 3.65. The zero-order chi connectivity index (χ0) is 36.6. The first-order chi connectivity index (χ1) is 27.2. The fourth-order valence-corrected chi connectivity index (χ4v) is 8.06. The van der Waals surface area contributed by atoms with Crippen molar-refractivity contribution in [3.63, 3.8) is 0 Å². The lowest BCUT2D eigenvalue weighted by atomic mass is 10.0. The lowest BCUT2D eigenvalue weighted by molar-refractivity contribution is 1.07. The molecule has 10 rings (SSSR count). The van der Waals surface area contributed by atoms with Crippen molar-refractivity contribution in [2.24, 2.45) is 0 Å². The summed E-state index contributed by atoms with van der Waals surface area (Å²) in [7, 11) is 0. The van der Waals surface area contributed by atoms with E-state index in [1.54, 1.807) is 11.3 Å². The van der Waals surface area contributed by atoms with Gasteiger partial charge in [-0.1, -0.05) is 158 Å². The zero-order valence-corrected chi connectivity index (χ0v) is 30.4. The van der Waals surface area contributed by atoms with Crippen molar-refractivity contribution < 1.29 is 0 Å². The molecule has 0 spiro atoms. The van der Waals surface area contributed by atoms with Crippen LogP contribution in [0.2, 0.25) is 0 Å². The Hall–Kier alpha value is -7.15. The summed E-state index contributed by atoms with van der Waals surface area (Å²) in [5.74, 6) is 2.61. The summed E-state index contributed by atoms with van der Waals surface area (Å²) < 4.78 is 2.35. The summed E-state index contributed by atoms with van der Waals surface area (Å²) in [5, 5.41) is 2.33. The van der Waals surface area contributed by atoms with E-state index >= 15 is 0 Å². The molecule has 0 aliphatic heterocycles. The van der Waals surface area contributed by atoms with Crippen molar-refractivity contribution in [2.45, 2.75) is 0 Å². The van der Waals surface area contributed by atoms with Crippen LogP contribution in [0.4, 0.5) is 0 Å². The number of nitrogens with zero attached hydrogens (tertiary/aromatic N) is 5. The molecule has 0 bridgehead atoms. The highest BCUT2D eigenvalue weighted by Crippen LogP contribution is 2.39. The van der Waals surface area contributed by atoms with E-state index in [0.717, 1.165) is 55.0 Å². The van der Waals surface area contributed by atoms with Gasteiger partial charge in [0.2, 0.25) is 0 Å². The van der Waals surface area contributed by atoms with Crippen LogP contribution in [0.15, 0.2) is 188 Å². The van der Waals surface area contributed by atoms with Crippen LogP contribution in [-0.4, -0.2) is 24.9 Å². The molecular formula is C49H31N5S. The van der Waals surface area contributed by atoms with E-state index in [-0.39, 0.29) is 0 Å². The highest BCUT2D eigenvalue weighted by molar-refractivity contribution is 7.25. The molecule has 0 saturated heterocycles.